The van der Waals surface area contributed by atoms with Crippen LogP contribution in [-0.2, 0) is 4.79 Å². The van der Waals surface area contributed by atoms with E-state index in [9.17, 15) is 15.0 Å². The minimum atomic E-state index is -0.520. The van der Waals surface area contributed by atoms with Crippen LogP contribution in [0.3, 0.4) is 0 Å². The van der Waals surface area contributed by atoms with Crippen molar-refractivity contribution in [1.29, 1.82) is 0 Å². The second-order valence-electron chi connectivity index (χ2n) is 10.1. The van der Waals surface area contributed by atoms with Gasteiger partial charge in [0.05, 0.1) is 5.60 Å². The summed E-state index contributed by atoms with van der Waals surface area (Å²) in [6, 6.07) is 0. The summed E-state index contributed by atoms with van der Waals surface area (Å²) in [6.45, 7) is 6.64. The largest absolute Gasteiger partial charge is 0.396 e. The summed E-state index contributed by atoms with van der Waals surface area (Å²) in [4.78, 5) is 12.6. The molecule has 4 aliphatic rings. The average molecular weight is 320 g/mol. The molecule has 23 heavy (non-hydrogen) atoms. The van der Waals surface area contributed by atoms with Gasteiger partial charge < -0.3 is 10.2 Å². The van der Waals surface area contributed by atoms with E-state index in [1.807, 2.05) is 6.92 Å². The zero-order chi connectivity index (χ0) is 16.7. The van der Waals surface area contributed by atoms with Crippen molar-refractivity contribution in [2.75, 3.05) is 6.61 Å². The van der Waals surface area contributed by atoms with Gasteiger partial charge in [0.15, 0.2) is 0 Å². The molecule has 130 valence electrons. The predicted octanol–water partition coefficient (Wildman–Crippen LogP) is 3.32. The first-order valence-corrected chi connectivity index (χ1v) is 9.52. The summed E-state index contributed by atoms with van der Waals surface area (Å²) in [7, 11) is 0. The molecule has 0 aromatic heterocycles. The van der Waals surface area contributed by atoms with Crippen molar-refractivity contribution in [2.24, 2.45) is 34.0 Å². The Balaban J connectivity index is 1.79. The number of Topliss-reactive ketones (excluding diaryl/α,β-unsaturated/α-hetero) is 1. The zero-order valence-corrected chi connectivity index (χ0v) is 14.9. The third-order valence-corrected chi connectivity index (χ3v) is 9.00. The molecule has 4 saturated carbocycles. The van der Waals surface area contributed by atoms with Crippen LogP contribution in [-0.4, -0.2) is 28.2 Å². The summed E-state index contributed by atoms with van der Waals surface area (Å²) in [5.74, 6) is 1.85. The number of ketones is 1. The summed E-state index contributed by atoms with van der Waals surface area (Å²) < 4.78 is 0. The lowest BCUT2D eigenvalue weighted by atomic mass is 9.39. The van der Waals surface area contributed by atoms with Crippen molar-refractivity contribution in [3.63, 3.8) is 0 Å². The number of hydrogen-bond donors (Lipinski definition) is 2. The van der Waals surface area contributed by atoms with Crippen LogP contribution in [0.25, 0.3) is 0 Å². The van der Waals surface area contributed by atoms with E-state index in [0.717, 1.165) is 32.1 Å². The van der Waals surface area contributed by atoms with Crippen LogP contribution in [0.5, 0.6) is 0 Å². The molecule has 3 heteroatoms. The van der Waals surface area contributed by atoms with Gasteiger partial charge in [0.2, 0.25) is 0 Å². The maximum atomic E-state index is 12.6. The summed E-state index contributed by atoms with van der Waals surface area (Å²) in [5.41, 5.74) is -0.543. The molecule has 4 aliphatic carbocycles. The topological polar surface area (TPSA) is 57.5 Å². The highest BCUT2D eigenvalue weighted by atomic mass is 16.3. The monoisotopic (exact) mass is 320 g/mol. The van der Waals surface area contributed by atoms with Gasteiger partial charge in [0.1, 0.15) is 5.78 Å². The van der Waals surface area contributed by atoms with E-state index in [1.54, 1.807) is 0 Å². The van der Waals surface area contributed by atoms with Crippen LogP contribution in [0.15, 0.2) is 0 Å². The van der Waals surface area contributed by atoms with Crippen molar-refractivity contribution in [1.82, 2.24) is 0 Å². The summed E-state index contributed by atoms with van der Waals surface area (Å²) in [5, 5.41) is 20.9. The van der Waals surface area contributed by atoms with Crippen LogP contribution in [0.4, 0.5) is 0 Å². The van der Waals surface area contributed by atoms with Gasteiger partial charge in [-0.15, -0.1) is 0 Å². The second-order valence-corrected chi connectivity index (χ2v) is 10.1. The molecule has 4 fully saturated rings. The third-order valence-electron chi connectivity index (χ3n) is 9.00. The third kappa shape index (κ3) is 1.87. The fourth-order valence-electron chi connectivity index (χ4n) is 7.76. The fraction of sp³-hybridized carbons (Fsp3) is 0.950. The number of rotatable bonds is 1. The second kappa shape index (κ2) is 4.60. The first kappa shape index (κ1) is 16.1. The average Bonchev–Trinajstić information content (AvgIpc) is 2.81. The Morgan fingerprint density at radius 1 is 1.09 bits per heavy atom. The molecule has 0 unspecified atom stereocenters. The van der Waals surface area contributed by atoms with Crippen LogP contribution < -0.4 is 0 Å². The minimum Gasteiger partial charge on any atom is -0.396 e. The SMILES string of the molecule is C[C@@]1(CO)CC(=O)C[C@@]2(C)[C@H]1CC[C@H]1C[C@H]3C[C@]12CC[C@]3(C)O. The molecule has 3 nitrogen and oxygen atoms in total. The lowest BCUT2D eigenvalue weighted by Crippen LogP contribution is -2.61. The highest BCUT2D eigenvalue weighted by molar-refractivity contribution is 5.81. The Kier molecular flexibility index (Phi) is 3.22. The number of carbonyl (C=O) groups is 1. The Morgan fingerprint density at radius 2 is 1.83 bits per heavy atom. The van der Waals surface area contributed by atoms with Crippen LogP contribution in [0, 0.1) is 34.0 Å². The van der Waals surface area contributed by atoms with Crippen molar-refractivity contribution in [2.45, 2.75) is 77.7 Å². The minimum absolute atomic E-state index is 0.00792. The molecule has 0 aromatic carbocycles. The number of aliphatic hydroxyl groups excluding tert-OH is 1. The van der Waals surface area contributed by atoms with E-state index in [4.69, 9.17) is 0 Å². The molecule has 0 aliphatic heterocycles. The lowest BCUT2D eigenvalue weighted by Gasteiger charge is -2.65. The van der Waals surface area contributed by atoms with Crippen LogP contribution in [0.1, 0.15) is 72.1 Å². The first-order chi connectivity index (χ1) is 10.7. The van der Waals surface area contributed by atoms with E-state index >= 15 is 0 Å². The molecule has 0 aromatic rings. The maximum absolute atomic E-state index is 12.6. The van der Waals surface area contributed by atoms with Crippen molar-refractivity contribution < 1.29 is 15.0 Å². The van der Waals surface area contributed by atoms with Crippen molar-refractivity contribution >= 4 is 5.78 Å². The molecule has 4 rings (SSSR count). The molecule has 0 amide bonds. The van der Waals surface area contributed by atoms with Crippen LogP contribution in [0.2, 0.25) is 0 Å². The van der Waals surface area contributed by atoms with Gasteiger partial charge in [0, 0.05) is 24.9 Å². The van der Waals surface area contributed by atoms with Gasteiger partial charge in [-0.1, -0.05) is 13.8 Å². The van der Waals surface area contributed by atoms with Crippen molar-refractivity contribution in [3.8, 4) is 0 Å². The standard InChI is InChI=1S/C20H32O3/c1-17(12-21)10-15(22)11-18(2)16(17)5-4-13-8-14-9-20(13,18)7-6-19(14,3)23/h13-14,16,21,23H,4-12H2,1-3H3/t13-,14-,16-,17-,18-,19-,20+/m0/s1. The van der Waals surface area contributed by atoms with Gasteiger partial charge in [-0.25, -0.2) is 0 Å². The lowest BCUT2D eigenvalue weighted by molar-refractivity contribution is -0.185. The number of hydrogen-bond acceptors (Lipinski definition) is 3. The quantitative estimate of drug-likeness (QED) is 0.779. The number of aliphatic hydroxyl groups is 2. The Bertz CT molecular complexity index is 541. The fourth-order valence-corrected chi connectivity index (χ4v) is 7.76. The van der Waals surface area contributed by atoms with Crippen molar-refractivity contribution in [3.05, 3.63) is 0 Å². The zero-order valence-electron chi connectivity index (χ0n) is 14.9. The highest BCUT2D eigenvalue weighted by Gasteiger charge is 2.69. The normalized spacial score (nSPS) is 58.7. The van der Waals surface area contributed by atoms with Gasteiger partial charge >= 0.3 is 0 Å². The van der Waals surface area contributed by atoms with E-state index in [0.29, 0.717) is 36.4 Å². The van der Waals surface area contributed by atoms with Gasteiger partial charge in [-0.2, -0.15) is 0 Å². The number of fused-ring (bicyclic) bond motifs is 2. The first-order valence-electron chi connectivity index (χ1n) is 9.52. The van der Waals surface area contributed by atoms with E-state index in [-0.39, 0.29) is 22.9 Å². The molecular formula is C20H32O3. The molecule has 0 radical (unpaired) electrons. The molecule has 2 bridgehead atoms. The maximum Gasteiger partial charge on any atom is 0.134 e. The molecule has 0 heterocycles. The molecule has 2 N–H and O–H groups in total. The van der Waals surface area contributed by atoms with E-state index in [1.165, 1.54) is 6.42 Å². The summed E-state index contributed by atoms with van der Waals surface area (Å²) >= 11 is 0. The van der Waals surface area contributed by atoms with E-state index < -0.39 is 5.60 Å². The Hall–Kier alpha value is -0.410. The molecule has 1 spiro atoms. The number of carbonyl (C=O) groups excluding carboxylic acids is 1. The van der Waals surface area contributed by atoms with Crippen LogP contribution >= 0.6 is 0 Å². The smallest absolute Gasteiger partial charge is 0.134 e. The van der Waals surface area contributed by atoms with Gasteiger partial charge in [-0.05, 0) is 74.0 Å². The van der Waals surface area contributed by atoms with Gasteiger partial charge in [-0.3, -0.25) is 4.79 Å². The molecule has 7 atom stereocenters. The molecule has 0 saturated heterocycles. The molecular weight excluding hydrogens is 288 g/mol. The van der Waals surface area contributed by atoms with Gasteiger partial charge in [0.25, 0.3) is 0 Å². The highest BCUT2D eigenvalue weighted by Crippen LogP contribution is 2.74. The Morgan fingerprint density at radius 3 is 2.52 bits per heavy atom. The van der Waals surface area contributed by atoms with E-state index in [2.05, 4.69) is 13.8 Å². The predicted molar refractivity (Wildman–Crippen MR) is 88.8 cm³/mol. The summed E-state index contributed by atoms with van der Waals surface area (Å²) in [6.07, 6.45) is 7.76. The Labute approximate surface area is 139 Å².